The van der Waals surface area contributed by atoms with E-state index in [0.717, 1.165) is 6.07 Å². The van der Waals surface area contributed by atoms with Gasteiger partial charge in [0.1, 0.15) is 5.82 Å². The Morgan fingerprint density at radius 3 is 3.00 bits per heavy atom. The minimum absolute atomic E-state index is 0.101. The van der Waals surface area contributed by atoms with E-state index in [1.807, 2.05) is 0 Å². The number of amides is 1. The molecule has 1 aromatic carbocycles. The van der Waals surface area contributed by atoms with Crippen molar-refractivity contribution in [2.24, 2.45) is 0 Å². The van der Waals surface area contributed by atoms with Crippen LogP contribution < -0.4 is 11.1 Å². The normalized spacial score (nSPS) is 12.2. The number of methoxy groups -OCH3 is 1. The molecule has 0 saturated heterocycles. The Labute approximate surface area is 105 Å². The lowest BCUT2D eigenvalue weighted by molar-refractivity contribution is 0.0587. The van der Waals surface area contributed by atoms with Crippen LogP contribution in [0, 0.1) is 5.82 Å². The van der Waals surface area contributed by atoms with Gasteiger partial charge >= 0.3 is 0 Å². The quantitative estimate of drug-likeness (QED) is 0.648. The van der Waals surface area contributed by atoms with Crippen LogP contribution in [0.4, 0.5) is 10.1 Å². The van der Waals surface area contributed by atoms with E-state index in [-0.39, 0.29) is 18.7 Å². The Hall–Kier alpha value is -1.66. The smallest absolute Gasteiger partial charge is 0.254 e. The van der Waals surface area contributed by atoms with Gasteiger partial charge in [-0.25, -0.2) is 4.39 Å². The zero-order valence-electron chi connectivity index (χ0n) is 10.1. The third kappa shape index (κ3) is 4.31. The number of ether oxygens (including phenoxy) is 1. The molecule has 0 heterocycles. The first kappa shape index (κ1) is 14.4. The maximum Gasteiger partial charge on any atom is 0.254 e. The molecule has 1 atom stereocenters. The molecule has 18 heavy (non-hydrogen) atoms. The molecule has 1 amide bonds. The molecule has 0 bridgehead atoms. The average Bonchev–Trinajstić information content (AvgIpc) is 2.32. The Morgan fingerprint density at radius 2 is 2.33 bits per heavy atom. The number of halogens is 1. The summed E-state index contributed by atoms with van der Waals surface area (Å²) in [6.45, 7) is 0.431. The van der Waals surface area contributed by atoms with Crippen LogP contribution in [0.25, 0.3) is 0 Å². The number of rotatable bonds is 6. The van der Waals surface area contributed by atoms with E-state index in [9.17, 15) is 14.3 Å². The Morgan fingerprint density at radius 1 is 1.61 bits per heavy atom. The second kappa shape index (κ2) is 6.93. The number of carbonyl (C=O) groups excluding carboxylic acids is 1. The van der Waals surface area contributed by atoms with Gasteiger partial charge in [-0.3, -0.25) is 4.79 Å². The minimum atomic E-state index is -0.652. The number of hydrogen-bond donors (Lipinski definition) is 3. The number of benzene rings is 1. The third-order valence-electron chi connectivity index (χ3n) is 2.36. The number of hydrogen-bond acceptors (Lipinski definition) is 4. The van der Waals surface area contributed by atoms with E-state index in [2.05, 4.69) is 5.32 Å². The SMILES string of the molecule is COCC(O)CCNC(=O)c1cc(N)ccc1F. The number of carbonyl (C=O) groups is 1. The molecule has 6 heteroatoms. The topological polar surface area (TPSA) is 84.6 Å². The van der Waals surface area contributed by atoms with E-state index in [0.29, 0.717) is 12.1 Å². The first-order chi connectivity index (χ1) is 8.54. The summed E-state index contributed by atoms with van der Waals surface area (Å²) in [5.41, 5.74) is 5.70. The molecule has 0 fully saturated rings. The van der Waals surface area contributed by atoms with Crippen molar-refractivity contribution < 1.29 is 19.0 Å². The second-order valence-electron chi connectivity index (χ2n) is 3.89. The van der Waals surface area contributed by atoms with Crippen LogP contribution in [0.3, 0.4) is 0 Å². The number of nitrogens with one attached hydrogen (secondary N) is 1. The lowest BCUT2D eigenvalue weighted by Crippen LogP contribution is -2.29. The molecule has 0 aliphatic rings. The predicted octanol–water partition coefficient (Wildman–Crippen LogP) is 0.535. The van der Waals surface area contributed by atoms with Crippen LogP contribution in [0.2, 0.25) is 0 Å². The van der Waals surface area contributed by atoms with Crippen molar-refractivity contribution in [3.05, 3.63) is 29.6 Å². The highest BCUT2D eigenvalue weighted by molar-refractivity contribution is 5.95. The number of aliphatic hydroxyl groups excluding tert-OH is 1. The van der Waals surface area contributed by atoms with E-state index in [4.69, 9.17) is 10.5 Å². The molecule has 0 radical (unpaired) electrons. The molecular weight excluding hydrogens is 239 g/mol. The highest BCUT2D eigenvalue weighted by Gasteiger charge is 2.12. The van der Waals surface area contributed by atoms with Crippen molar-refractivity contribution in [2.75, 3.05) is 26.0 Å². The van der Waals surface area contributed by atoms with Crippen molar-refractivity contribution in [1.82, 2.24) is 5.32 Å². The maximum absolute atomic E-state index is 13.3. The van der Waals surface area contributed by atoms with Crippen molar-refractivity contribution in [3.63, 3.8) is 0 Å². The van der Waals surface area contributed by atoms with Gasteiger partial charge in [0.15, 0.2) is 0 Å². The van der Waals surface area contributed by atoms with Gasteiger partial charge in [-0.1, -0.05) is 0 Å². The van der Waals surface area contributed by atoms with Crippen molar-refractivity contribution >= 4 is 11.6 Å². The van der Waals surface area contributed by atoms with Gasteiger partial charge in [0.2, 0.25) is 0 Å². The number of anilines is 1. The standard InChI is InChI=1S/C12H17FN2O3/c1-18-7-9(16)4-5-15-12(17)10-6-8(14)2-3-11(10)13/h2-3,6,9,16H,4-5,7,14H2,1H3,(H,15,17). The fourth-order valence-electron chi connectivity index (χ4n) is 1.44. The number of nitrogen functional groups attached to an aromatic ring is 1. The van der Waals surface area contributed by atoms with Crippen molar-refractivity contribution in [2.45, 2.75) is 12.5 Å². The summed E-state index contributed by atoms with van der Waals surface area (Å²) in [6.07, 6.45) is -0.315. The monoisotopic (exact) mass is 256 g/mol. The first-order valence-corrected chi connectivity index (χ1v) is 5.54. The highest BCUT2D eigenvalue weighted by atomic mass is 19.1. The van der Waals surface area contributed by atoms with Gasteiger partial charge in [-0.05, 0) is 24.6 Å². The summed E-state index contributed by atoms with van der Waals surface area (Å²) >= 11 is 0. The van der Waals surface area contributed by atoms with Gasteiger partial charge in [0, 0.05) is 19.3 Å². The van der Waals surface area contributed by atoms with Gasteiger partial charge in [0.25, 0.3) is 5.91 Å². The van der Waals surface area contributed by atoms with Crippen molar-refractivity contribution in [3.8, 4) is 0 Å². The molecule has 0 aromatic heterocycles. The molecule has 4 N–H and O–H groups in total. The number of aliphatic hydroxyl groups is 1. The molecule has 0 aliphatic carbocycles. The van der Waals surface area contributed by atoms with Crippen LogP contribution in [0.1, 0.15) is 16.8 Å². The number of nitrogens with two attached hydrogens (primary N) is 1. The molecule has 5 nitrogen and oxygen atoms in total. The highest BCUT2D eigenvalue weighted by Crippen LogP contribution is 2.11. The molecule has 1 unspecified atom stereocenters. The van der Waals surface area contributed by atoms with Gasteiger partial charge in [-0.2, -0.15) is 0 Å². The van der Waals surface area contributed by atoms with E-state index < -0.39 is 17.8 Å². The molecule has 0 aliphatic heterocycles. The van der Waals surface area contributed by atoms with E-state index in [1.54, 1.807) is 0 Å². The van der Waals surface area contributed by atoms with Crippen LogP contribution in [-0.4, -0.2) is 37.4 Å². The lowest BCUT2D eigenvalue weighted by atomic mass is 10.1. The van der Waals surface area contributed by atoms with Gasteiger partial charge < -0.3 is 20.9 Å². The zero-order chi connectivity index (χ0) is 13.5. The van der Waals surface area contributed by atoms with E-state index in [1.165, 1.54) is 19.2 Å². The predicted molar refractivity (Wildman–Crippen MR) is 65.6 cm³/mol. The summed E-state index contributed by atoms with van der Waals surface area (Å²) < 4.78 is 18.1. The Bertz CT molecular complexity index is 412. The summed E-state index contributed by atoms with van der Waals surface area (Å²) in [4.78, 5) is 11.6. The van der Waals surface area contributed by atoms with Gasteiger partial charge in [0.05, 0.1) is 18.3 Å². The zero-order valence-corrected chi connectivity index (χ0v) is 10.1. The average molecular weight is 256 g/mol. The largest absolute Gasteiger partial charge is 0.399 e. The second-order valence-corrected chi connectivity index (χ2v) is 3.89. The fourth-order valence-corrected chi connectivity index (χ4v) is 1.44. The maximum atomic E-state index is 13.3. The van der Waals surface area contributed by atoms with Crippen LogP contribution in [-0.2, 0) is 4.74 Å². The van der Waals surface area contributed by atoms with Gasteiger partial charge in [-0.15, -0.1) is 0 Å². The summed E-state index contributed by atoms with van der Waals surface area (Å²) in [5, 5.41) is 11.9. The molecule has 1 aromatic rings. The molecule has 0 spiro atoms. The van der Waals surface area contributed by atoms with E-state index >= 15 is 0 Å². The van der Waals surface area contributed by atoms with Crippen LogP contribution in [0.5, 0.6) is 0 Å². The molecular formula is C12H17FN2O3. The molecule has 1 rings (SSSR count). The fraction of sp³-hybridized carbons (Fsp3) is 0.417. The summed E-state index contributed by atoms with van der Waals surface area (Å²) in [7, 11) is 1.48. The summed E-state index contributed by atoms with van der Waals surface area (Å²) in [6, 6.07) is 3.80. The first-order valence-electron chi connectivity index (χ1n) is 5.54. The van der Waals surface area contributed by atoms with Crippen LogP contribution >= 0.6 is 0 Å². The summed E-state index contributed by atoms with van der Waals surface area (Å²) in [5.74, 6) is -1.18. The third-order valence-corrected chi connectivity index (χ3v) is 2.36. The van der Waals surface area contributed by atoms with Crippen LogP contribution in [0.15, 0.2) is 18.2 Å². The minimum Gasteiger partial charge on any atom is -0.399 e. The van der Waals surface area contributed by atoms with Crippen molar-refractivity contribution in [1.29, 1.82) is 0 Å². The Kier molecular flexibility index (Phi) is 5.54. The lowest BCUT2D eigenvalue weighted by Gasteiger charge is -2.10. The Balaban J connectivity index is 2.48. The molecule has 100 valence electrons. The molecule has 0 saturated carbocycles.